The smallest absolute Gasteiger partial charge is 0.0477 e. The van der Waals surface area contributed by atoms with Gasteiger partial charge < -0.3 is 10.0 Å². The van der Waals surface area contributed by atoms with Crippen molar-refractivity contribution in [3.05, 3.63) is 35.4 Å². The normalized spacial score (nSPS) is 25.9. The zero-order chi connectivity index (χ0) is 15.6. The molecular formula is C19H30N2O. The van der Waals surface area contributed by atoms with Crippen LogP contribution in [0.15, 0.2) is 24.3 Å². The molecule has 2 saturated heterocycles. The summed E-state index contributed by atoms with van der Waals surface area (Å²) in [5.74, 6) is 0.475. The van der Waals surface area contributed by atoms with Gasteiger partial charge in [-0.15, -0.1) is 0 Å². The van der Waals surface area contributed by atoms with Crippen molar-refractivity contribution in [2.24, 2.45) is 11.3 Å². The van der Waals surface area contributed by atoms with E-state index in [1.165, 1.54) is 37.1 Å². The standard InChI is InChI=1S/C19H30N2O/c1-3-16-4-6-17(7-5-16)12-21-10-8-19(9-11-21)15-20(2)13-18(19)14-22/h4-7,18,22H,3,8-15H2,1-2H3. The van der Waals surface area contributed by atoms with Crippen LogP contribution in [0.5, 0.6) is 0 Å². The maximum absolute atomic E-state index is 9.71. The number of nitrogens with zero attached hydrogens (tertiary/aromatic N) is 2. The third-order valence-electron chi connectivity index (χ3n) is 5.89. The highest BCUT2D eigenvalue weighted by molar-refractivity contribution is 5.22. The number of aliphatic hydroxyl groups is 1. The zero-order valence-electron chi connectivity index (χ0n) is 14.1. The molecular weight excluding hydrogens is 272 g/mol. The molecule has 2 aliphatic heterocycles. The maximum atomic E-state index is 9.71. The fourth-order valence-electron chi connectivity index (χ4n) is 4.41. The van der Waals surface area contributed by atoms with Gasteiger partial charge in [0.2, 0.25) is 0 Å². The molecule has 3 rings (SSSR count). The molecule has 1 N–H and O–H groups in total. The van der Waals surface area contributed by atoms with Gasteiger partial charge in [-0.2, -0.15) is 0 Å². The molecule has 1 unspecified atom stereocenters. The van der Waals surface area contributed by atoms with Gasteiger partial charge in [0.05, 0.1) is 0 Å². The number of aliphatic hydroxyl groups excluding tert-OH is 1. The second-order valence-corrected chi connectivity index (χ2v) is 7.38. The summed E-state index contributed by atoms with van der Waals surface area (Å²) in [6.07, 6.45) is 3.58. The van der Waals surface area contributed by atoms with Crippen LogP contribution in [0.2, 0.25) is 0 Å². The van der Waals surface area contributed by atoms with E-state index in [9.17, 15) is 5.11 Å². The summed E-state index contributed by atoms with van der Waals surface area (Å²) in [6, 6.07) is 9.08. The van der Waals surface area contributed by atoms with Crippen LogP contribution in [0.25, 0.3) is 0 Å². The summed E-state index contributed by atoms with van der Waals surface area (Å²) in [7, 11) is 2.19. The average Bonchev–Trinajstić information content (AvgIpc) is 2.86. The molecule has 3 heteroatoms. The van der Waals surface area contributed by atoms with Gasteiger partial charge in [-0.1, -0.05) is 31.2 Å². The molecule has 0 amide bonds. The summed E-state index contributed by atoms with van der Waals surface area (Å²) in [6.45, 7) is 8.18. The zero-order valence-corrected chi connectivity index (χ0v) is 14.1. The third-order valence-corrected chi connectivity index (χ3v) is 5.89. The summed E-state index contributed by atoms with van der Waals surface area (Å²) < 4.78 is 0. The lowest BCUT2D eigenvalue weighted by Crippen LogP contribution is -2.44. The number of piperidine rings is 1. The van der Waals surface area contributed by atoms with Crippen LogP contribution < -0.4 is 0 Å². The molecule has 2 aliphatic rings. The monoisotopic (exact) mass is 302 g/mol. The van der Waals surface area contributed by atoms with E-state index < -0.39 is 0 Å². The summed E-state index contributed by atoms with van der Waals surface area (Å²) >= 11 is 0. The van der Waals surface area contributed by atoms with Gasteiger partial charge >= 0.3 is 0 Å². The van der Waals surface area contributed by atoms with Crippen molar-refractivity contribution in [3.63, 3.8) is 0 Å². The molecule has 0 aromatic heterocycles. The Bertz CT molecular complexity index is 477. The van der Waals surface area contributed by atoms with Crippen molar-refractivity contribution in [2.45, 2.75) is 32.7 Å². The first-order chi connectivity index (χ1) is 10.6. The Balaban J connectivity index is 1.57. The number of aryl methyl sites for hydroxylation is 1. The van der Waals surface area contributed by atoms with Crippen LogP contribution >= 0.6 is 0 Å². The number of rotatable bonds is 4. The molecule has 1 spiro atoms. The molecule has 1 aromatic carbocycles. The van der Waals surface area contributed by atoms with Gasteiger partial charge in [-0.25, -0.2) is 0 Å². The highest BCUT2D eigenvalue weighted by atomic mass is 16.3. The SMILES string of the molecule is CCc1ccc(CN2CCC3(CC2)CN(C)CC3CO)cc1. The third kappa shape index (κ3) is 3.22. The van der Waals surface area contributed by atoms with E-state index in [-0.39, 0.29) is 0 Å². The van der Waals surface area contributed by atoms with Gasteiger partial charge in [0.1, 0.15) is 0 Å². The maximum Gasteiger partial charge on any atom is 0.0477 e. The molecule has 22 heavy (non-hydrogen) atoms. The van der Waals surface area contributed by atoms with Crippen molar-refractivity contribution in [3.8, 4) is 0 Å². The van der Waals surface area contributed by atoms with Crippen LogP contribution in [-0.4, -0.2) is 54.7 Å². The lowest BCUT2D eigenvalue weighted by Gasteiger charge is -2.42. The second kappa shape index (κ2) is 6.69. The minimum absolute atomic E-state index is 0.350. The van der Waals surface area contributed by atoms with E-state index in [2.05, 4.69) is 48.0 Å². The highest BCUT2D eigenvalue weighted by Crippen LogP contribution is 2.44. The molecule has 0 saturated carbocycles. The minimum atomic E-state index is 0.350. The van der Waals surface area contributed by atoms with Gasteiger partial charge in [0, 0.05) is 32.2 Å². The lowest BCUT2D eigenvalue weighted by molar-refractivity contribution is 0.0488. The van der Waals surface area contributed by atoms with Gasteiger partial charge in [0.15, 0.2) is 0 Å². The van der Waals surface area contributed by atoms with Crippen molar-refractivity contribution < 1.29 is 5.11 Å². The van der Waals surface area contributed by atoms with E-state index in [4.69, 9.17) is 0 Å². The fraction of sp³-hybridized carbons (Fsp3) is 0.684. The predicted octanol–water partition coefficient (Wildman–Crippen LogP) is 2.39. The largest absolute Gasteiger partial charge is 0.396 e. The Hall–Kier alpha value is -0.900. The number of likely N-dealkylation sites (tertiary alicyclic amines) is 2. The van der Waals surface area contributed by atoms with Gasteiger partial charge in [-0.05, 0) is 55.9 Å². The Morgan fingerprint density at radius 2 is 1.77 bits per heavy atom. The van der Waals surface area contributed by atoms with E-state index in [0.29, 0.717) is 17.9 Å². The molecule has 0 aliphatic carbocycles. The van der Waals surface area contributed by atoms with Crippen molar-refractivity contribution >= 4 is 0 Å². The molecule has 1 aromatic rings. The predicted molar refractivity (Wildman–Crippen MR) is 90.8 cm³/mol. The number of hydrogen-bond acceptors (Lipinski definition) is 3. The van der Waals surface area contributed by atoms with Crippen molar-refractivity contribution in [1.82, 2.24) is 9.80 Å². The summed E-state index contributed by atoms with van der Waals surface area (Å²) in [4.78, 5) is 4.99. The number of hydrogen-bond donors (Lipinski definition) is 1. The quantitative estimate of drug-likeness (QED) is 0.925. The first-order valence-corrected chi connectivity index (χ1v) is 8.75. The van der Waals surface area contributed by atoms with Crippen LogP contribution in [0, 0.1) is 11.3 Å². The van der Waals surface area contributed by atoms with Gasteiger partial charge in [0.25, 0.3) is 0 Å². The topological polar surface area (TPSA) is 26.7 Å². The minimum Gasteiger partial charge on any atom is -0.396 e. The Morgan fingerprint density at radius 3 is 2.36 bits per heavy atom. The summed E-state index contributed by atoms with van der Waals surface area (Å²) in [5.41, 5.74) is 3.21. The van der Waals surface area contributed by atoms with Crippen molar-refractivity contribution in [1.29, 1.82) is 0 Å². The highest BCUT2D eigenvalue weighted by Gasteiger charge is 2.46. The lowest BCUT2D eigenvalue weighted by atomic mass is 9.71. The molecule has 2 heterocycles. The molecule has 3 nitrogen and oxygen atoms in total. The summed E-state index contributed by atoms with van der Waals surface area (Å²) in [5, 5.41) is 9.71. The number of benzene rings is 1. The first kappa shape index (κ1) is 16.0. The first-order valence-electron chi connectivity index (χ1n) is 8.75. The molecule has 0 radical (unpaired) electrons. The van der Waals surface area contributed by atoms with Gasteiger partial charge in [-0.3, -0.25) is 4.90 Å². The second-order valence-electron chi connectivity index (χ2n) is 7.38. The molecule has 1 atom stereocenters. The van der Waals surface area contributed by atoms with E-state index in [0.717, 1.165) is 26.1 Å². The van der Waals surface area contributed by atoms with E-state index in [1.807, 2.05) is 0 Å². The molecule has 0 bridgehead atoms. The van der Waals surface area contributed by atoms with Crippen LogP contribution in [0.4, 0.5) is 0 Å². The van der Waals surface area contributed by atoms with Crippen LogP contribution in [0.1, 0.15) is 30.9 Å². The Kier molecular flexibility index (Phi) is 4.86. The van der Waals surface area contributed by atoms with Crippen LogP contribution in [-0.2, 0) is 13.0 Å². The molecule has 122 valence electrons. The van der Waals surface area contributed by atoms with E-state index in [1.54, 1.807) is 0 Å². The van der Waals surface area contributed by atoms with Crippen molar-refractivity contribution in [2.75, 3.05) is 39.8 Å². The Labute approximate surface area is 134 Å². The Morgan fingerprint density at radius 1 is 1.14 bits per heavy atom. The van der Waals surface area contributed by atoms with Crippen LogP contribution in [0.3, 0.4) is 0 Å². The van der Waals surface area contributed by atoms with E-state index >= 15 is 0 Å². The average molecular weight is 302 g/mol. The molecule has 2 fully saturated rings. The fourth-order valence-corrected chi connectivity index (χ4v) is 4.41.